The highest BCUT2D eigenvalue weighted by atomic mass is 35.5. The maximum Gasteiger partial charge on any atom is 0.294 e. The number of halogens is 2. The zero-order valence-corrected chi connectivity index (χ0v) is 17.9. The van der Waals surface area contributed by atoms with Gasteiger partial charge >= 0.3 is 0 Å². The van der Waals surface area contributed by atoms with Gasteiger partial charge in [-0.05, 0) is 24.3 Å². The molecular formula is C16H14Cl2N2O8S2. The summed E-state index contributed by atoms with van der Waals surface area (Å²) in [5.41, 5.74) is -0.103. The van der Waals surface area contributed by atoms with E-state index in [0.29, 0.717) is 0 Å². The molecule has 0 aliphatic rings. The Morgan fingerprint density at radius 2 is 1.07 bits per heavy atom. The van der Waals surface area contributed by atoms with Crippen LogP contribution < -0.4 is 0 Å². The van der Waals surface area contributed by atoms with Gasteiger partial charge in [0.05, 0.1) is 32.9 Å². The summed E-state index contributed by atoms with van der Waals surface area (Å²) in [6.07, 6.45) is 2.25. The molecule has 0 aromatic heterocycles. The molecule has 0 atom stereocenters. The lowest BCUT2D eigenvalue weighted by molar-refractivity contribution is 0.470. The summed E-state index contributed by atoms with van der Waals surface area (Å²) in [6.45, 7) is 0.103. The van der Waals surface area contributed by atoms with Crippen molar-refractivity contribution in [2.75, 3.05) is 13.1 Å². The van der Waals surface area contributed by atoms with Crippen LogP contribution in [0, 0.1) is 0 Å². The zero-order chi connectivity index (χ0) is 22.7. The van der Waals surface area contributed by atoms with Crippen LogP contribution in [0.3, 0.4) is 0 Å². The van der Waals surface area contributed by atoms with E-state index in [4.69, 9.17) is 32.3 Å². The molecule has 0 bridgehead atoms. The van der Waals surface area contributed by atoms with Gasteiger partial charge in [0.25, 0.3) is 20.2 Å². The van der Waals surface area contributed by atoms with E-state index in [1.54, 1.807) is 0 Å². The van der Waals surface area contributed by atoms with Gasteiger partial charge in [-0.25, -0.2) is 0 Å². The van der Waals surface area contributed by atoms with E-state index >= 15 is 0 Å². The SMILES string of the molecule is O=S(=O)(O)c1cc(Cl)c(O)c(C=NCCN=Cc2cc(S(=O)(=O)O)cc(Cl)c2O)c1. The molecule has 4 N–H and O–H groups in total. The Kier molecular flexibility index (Phi) is 7.45. The van der Waals surface area contributed by atoms with E-state index in [1.807, 2.05) is 0 Å². The Morgan fingerprint density at radius 3 is 1.37 bits per heavy atom. The van der Waals surface area contributed by atoms with Crippen LogP contribution in [0.25, 0.3) is 0 Å². The van der Waals surface area contributed by atoms with Crippen molar-refractivity contribution in [1.82, 2.24) is 0 Å². The van der Waals surface area contributed by atoms with Crippen molar-refractivity contribution < 1.29 is 36.2 Å². The molecule has 0 heterocycles. The summed E-state index contributed by atoms with van der Waals surface area (Å²) >= 11 is 11.4. The second-order valence-electron chi connectivity index (χ2n) is 5.71. The van der Waals surface area contributed by atoms with Crippen LogP contribution in [-0.2, 0) is 20.2 Å². The summed E-state index contributed by atoms with van der Waals surface area (Å²) in [5.74, 6) is -0.865. The summed E-state index contributed by atoms with van der Waals surface area (Å²) in [4.78, 5) is 6.84. The minimum absolute atomic E-state index is 0.0515. The van der Waals surface area contributed by atoms with Crippen LogP contribution in [-0.4, -0.2) is 61.7 Å². The van der Waals surface area contributed by atoms with Crippen molar-refractivity contribution in [3.8, 4) is 11.5 Å². The molecular weight excluding hydrogens is 483 g/mol. The maximum absolute atomic E-state index is 11.2. The minimum Gasteiger partial charge on any atom is -0.506 e. The second-order valence-corrected chi connectivity index (χ2v) is 9.36. The van der Waals surface area contributed by atoms with Gasteiger partial charge in [-0.15, -0.1) is 0 Å². The molecule has 2 aromatic rings. The average Bonchev–Trinajstić information content (AvgIpc) is 2.62. The smallest absolute Gasteiger partial charge is 0.294 e. The van der Waals surface area contributed by atoms with Crippen LogP contribution in [0.2, 0.25) is 10.0 Å². The number of hydrogen-bond acceptors (Lipinski definition) is 8. The van der Waals surface area contributed by atoms with E-state index in [1.165, 1.54) is 0 Å². The molecule has 30 heavy (non-hydrogen) atoms. The molecule has 0 fully saturated rings. The normalized spacial score (nSPS) is 12.8. The quantitative estimate of drug-likeness (QED) is 0.256. The number of phenols is 2. The van der Waals surface area contributed by atoms with Gasteiger partial charge in [0.15, 0.2) is 0 Å². The first-order valence-electron chi connectivity index (χ1n) is 7.80. The molecule has 0 saturated carbocycles. The van der Waals surface area contributed by atoms with E-state index in [0.717, 1.165) is 36.7 Å². The van der Waals surface area contributed by atoms with Gasteiger partial charge in [-0.3, -0.25) is 19.1 Å². The molecule has 0 spiro atoms. The maximum atomic E-state index is 11.2. The average molecular weight is 497 g/mol. The third kappa shape index (κ3) is 6.14. The minimum atomic E-state index is -4.53. The summed E-state index contributed by atoms with van der Waals surface area (Å²) in [6, 6.07) is 3.71. The number of phenolic OH excluding ortho intramolecular Hbond substituents is 2. The first-order valence-corrected chi connectivity index (χ1v) is 11.4. The van der Waals surface area contributed by atoms with Crippen molar-refractivity contribution in [2.24, 2.45) is 9.98 Å². The highest BCUT2D eigenvalue weighted by molar-refractivity contribution is 7.86. The number of aliphatic imine (C=N–C) groups is 2. The molecule has 10 nitrogen and oxygen atoms in total. The summed E-state index contributed by atoms with van der Waals surface area (Å²) in [7, 11) is -9.06. The van der Waals surface area contributed by atoms with Crippen LogP contribution in [0.1, 0.15) is 11.1 Å². The van der Waals surface area contributed by atoms with E-state index in [2.05, 4.69) is 9.98 Å². The molecule has 0 radical (unpaired) electrons. The lowest BCUT2D eigenvalue weighted by Gasteiger charge is -2.05. The molecule has 0 aliphatic heterocycles. The predicted octanol–water partition coefficient (Wildman–Crippen LogP) is 2.44. The third-order valence-corrected chi connectivity index (χ3v) is 5.79. The number of nitrogens with zero attached hydrogens (tertiary/aromatic N) is 2. The summed E-state index contributed by atoms with van der Waals surface area (Å²) in [5, 5.41) is 19.1. The monoisotopic (exact) mass is 496 g/mol. The van der Waals surface area contributed by atoms with Crippen molar-refractivity contribution >= 4 is 55.9 Å². The molecule has 162 valence electrons. The van der Waals surface area contributed by atoms with Crippen molar-refractivity contribution in [3.05, 3.63) is 45.4 Å². The van der Waals surface area contributed by atoms with E-state index < -0.39 is 41.5 Å². The fourth-order valence-corrected chi connectivity index (χ4v) is 3.79. The lowest BCUT2D eigenvalue weighted by atomic mass is 10.2. The number of hydrogen-bond donors (Lipinski definition) is 4. The van der Waals surface area contributed by atoms with Gasteiger partial charge in [0, 0.05) is 23.6 Å². The third-order valence-electron chi connectivity index (χ3n) is 3.55. The van der Waals surface area contributed by atoms with Gasteiger partial charge in [0.1, 0.15) is 11.5 Å². The highest BCUT2D eigenvalue weighted by Crippen LogP contribution is 2.30. The van der Waals surface area contributed by atoms with Gasteiger partial charge in [-0.2, -0.15) is 16.8 Å². The number of rotatable bonds is 7. The van der Waals surface area contributed by atoms with Crippen molar-refractivity contribution in [1.29, 1.82) is 0 Å². The largest absolute Gasteiger partial charge is 0.506 e. The van der Waals surface area contributed by atoms with Crippen LogP contribution in [0.15, 0.2) is 44.0 Å². The van der Waals surface area contributed by atoms with Gasteiger partial charge < -0.3 is 10.2 Å². The molecule has 0 unspecified atom stereocenters. The Balaban J connectivity index is 2.13. The Hall–Kier alpha value is -2.22. The van der Waals surface area contributed by atoms with Gasteiger partial charge in [-0.1, -0.05) is 23.2 Å². The molecule has 2 aromatic carbocycles. The Bertz CT molecular complexity index is 1140. The number of benzene rings is 2. The van der Waals surface area contributed by atoms with Crippen LogP contribution in [0.4, 0.5) is 0 Å². The standard InChI is InChI=1S/C16H14Cl2N2O8S2/c17-13-5-11(29(23,24)25)3-9(15(13)21)7-19-1-2-20-8-10-4-12(30(26,27)28)6-14(18)16(10)22/h3-8,21-22H,1-2H2,(H,23,24,25)(H,26,27,28). The molecule has 0 saturated heterocycles. The molecule has 2 rings (SSSR count). The molecule has 0 amide bonds. The molecule has 0 aliphatic carbocycles. The highest BCUT2D eigenvalue weighted by Gasteiger charge is 2.16. The van der Waals surface area contributed by atoms with Crippen LogP contribution >= 0.6 is 23.2 Å². The molecule has 14 heteroatoms. The summed E-state index contributed by atoms with van der Waals surface area (Å²) < 4.78 is 63.0. The van der Waals surface area contributed by atoms with E-state index in [-0.39, 0.29) is 34.3 Å². The zero-order valence-electron chi connectivity index (χ0n) is 14.8. The first kappa shape index (κ1) is 24.1. The van der Waals surface area contributed by atoms with E-state index in [9.17, 15) is 27.0 Å². The Morgan fingerprint density at radius 1 is 0.733 bits per heavy atom. The van der Waals surface area contributed by atoms with Crippen molar-refractivity contribution in [3.63, 3.8) is 0 Å². The predicted molar refractivity (Wildman–Crippen MR) is 111 cm³/mol. The fourth-order valence-electron chi connectivity index (χ4n) is 2.12. The topological polar surface area (TPSA) is 174 Å². The van der Waals surface area contributed by atoms with Crippen molar-refractivity contribution in [2.45, 2.75) is 9.79 Å². The Labute approximate surface area is 181 Å². The van der Waals surface area contributed by atoms with Crippen LogP contribution in [0.5, 0.6) is 11.5 Å². The van der Waals surface area contributed by atoms with Gasteiger partial charge in [0.2, 0.25) is 0 Å². The first-order chi connectivity index (χ1) is 13.8. The lowest BCUT2D eigenvalue weighted by Crippen LogP contribution is -2.00. The fraction of sp³-hybridized carbons (Fsp3) is 0.125. The second kappa shape index (κ2) is 9.29. The number of aromatic hydroxyl groups is 2.